The van der Waals surface area contributed by atoms with E-state index < -0.39 is 0 Å². The summed E-state index contributed by atoms with van der Waals surface area (Å²) in [5, 5.41) is 0. The van der Waals surface area contributed by atoms with Gasteiger partial charge in [-0.15, -0.1) is 11.6 Å². The van der Waals surface area contributed by atoms with Gasteiger partial charge < -0.3 is 4.98 Å². The van der Waals surface area contributed by atoms with Gasteiger partial charge in [-0.3, -0.25) is 9.36 Å². The van der Waals surface area contributed by atoms with Crippen LogP contribution in [0.15, 0.2) is 23.0 Å². The van der Waals surface area contributed by atoms with Crippen molar-refractivity contribution in [2.24, 2.45) is 7.05 Å². The quantitative estimate of drug-likeness (QED) is 0.513. The van der Waals surface area contributed by atoms with Crippen molar-refractivity contribution in [3.8, 4) is 0 Å². The molecule has 4 nitrogen and oxygen atoms in total. The number of hydrogen-bond acceptors (Lipinski definition) is 2. The molecule has 0 radical (unpaired) electrons. The van der Waals surface area contributed by atoms with Crippen LogP contribution in [-0.4, -0.2) is 21.2 Å². The van der Waals surface area contributed by atoms with E-state index in [-0.39, 0.29) is 11.5 Å². The fourth-order valence-corrected chi connectivity index (χ4v) is 2.11. The number of fused-ring (bicyclic) bond motifs is 1. The maximum absolute atomic E-state index is 11.9. The minimum atomic E-state index is -0.170. The molecule has 1 N–H and O–H groups in total. The molecule has 0 atom stereocenters. The van der Waals surface area contributed by atoms with E-state index in [0.29, 0.717) is 17.9 Å². The summed E-state index contributed by atoms with van der Waals surface area (Å²) in [5.74, 6) is 0.675. The number of alkyl halides is 1. The van der Waals surface area contributed by atoms with E-state index in [2.05, 4.69) is 4.98 Å². The molecular formula is C13H15ClN2O2. The van der Waals surface area contributed by atoms with Crippen molar-refractivity contribution in [1.82, 2.24) is 9.55 Å². The molecule has 0 saturated heterocycles. The summed E-state index contributed by atoms with van der Waals surface area (Å²) in [6.07, 6.45) is 2.14. The Bertz CT molecular complexity index is 627. The monoisotopic (exact) mass is 266 g/mol. The maximum atomic E-state index is 11.9. The number of nitrogens with one attached hydrogen (secondary N) is 1. The van der Waals surface area contributed by atoms with Crippen molar-refractivity contribution in [2.75, 3.05) is 5.88 Å². The van der Waals surface area contributed by atoms with Crippen LogP contribution in [0.3, 0.4) is 0 Å². The van der Waals surface area contributed by atoms with Gasteiger partial charge in [0.25, 0.3) is 0 Å². The first-order valence-corrected chi connectivity index (χ1v) is 6.45. The number of imidazole rings is 1. The zero-order chi connectivity index (χ0) is 13.1. The van der Waals surface area contributed by atoms with Gasteiger partial charge in [0.05, 0.1) is 11.0 Å². The Morgan fingerprint density at radius 3 is 2.89 bits per heavy atom. The molecule has 18 heavy (non-hydrogen) atoms. The summed E-state index contributed by atoms with van der Waals surface area (Å²) in [5.41, 5.74) is 1.98. The number of aromatic nitrogens is 2. The lowest BCUT2D eigenvalue weighted by molar-refractivity contribution is 0.0980. The minimum Gasteiger partial charge on any atom is -0.306 e. The van der Waals surface area contributed by atoms with Crippen LogP contribution in [0, 0.1) is 0 Å². The predicted molar refractivity (Wildman–Crippen MR) is 72.4 cm³/mol. The van der Waals surface area contributed by atoms with Crippen molar-refractivity contribution in [3.05, 3.63) is 34.2 Å². The number of H-pyrrole nitrogens is 1. The number of hydrogen-bond donors (Lipinski definition) is 1. The van der Waals surface area contributed by atoms with E-state index in [1.165, 1.54) is 4.57 Å². The molecule has 96 valence electrons. The fraction of sp³-hybridized carbons (Fsp3) is 0.385. The van der Waals surface area contributed by atoms with Gasteiger partial charge in [0.2, 0.25) is 0 Å². The third-order valence-electron chi connectivity index (χ3n) is 3.01. The molecule has 0 amide bonds. The molecule has 0 saturated carbocycles. The molecule has 0 bridgehead atoms. The molecule has 0 spiro atoms. The Labute approximate surface area is 110 Å². The van der Waals surface area contributed by atoms with Gasteiger partial charge in [-0.05, 0) is 31.0 Å². The molecule has 0 aliphatic carbocycles. The van der Waals surface area contributed by atoms with E-state index in [4.69, 9.17) is 11.6 Å². The van der Waals surface area contributed by atoms with E-state index in [9.17, 15) is 9.59 Å². The zero-order valence-corrected chi connectivity index (χ0v) is 11.0. The summed E-state index contributed by atoms with van der Waals surface area (Å²) in [7, 11) is 1.68. The topological polar surface area (TPSA) is 54.9 Å². The van der Waals surface area contributed by atoms with Crippen LogP contribution in [0.2, 0.25) is 0 Å². The number of carbonyl (C=O) groups is 1. The Kier molecular flexibility index (Phi) is 3.87. The van der Waals surface area contributed by atoms with E-state index in [1.54, 1.807) is 25.2 Å². The molecule has 0 fully saturated rings. The van der Waals surface area contributed by atoms with Gasteiger partial charge in [0.15, 0.2) is 5.78 Å². The number of rotatable bonds is 5. The highest BCUT2D eigenvalue weighted by atomic mass is 35.5. The molecule has 2 aromatic rings. The number of unbranched alkanes of at least 4 members (excludes halogenated alkanes) is 1. The van der Waals surface area contributed by atoms with Gasteiger partial charge in [0.1, 0.15) is 0 Å². The van der Waals surface area contributed by atoms with Crippen molar-refractivity contribution >= 4 is 28.4 Å². The van der Waals surface area contributed by atoms with Crippen LogP contribution in [0.1, 0.15) is 29.6 Å². The number of halogens is 1. The van der Waals surface area contributed by atoms with Crippen LogP contribution < -0.4 is 5.69 Å². The molecule has 1 aromatic carbocycles. The molecule has 0 aliphatic heterocycles. The second-order valence-electron chi connectivity index (χ2n) is 4.29. The molecule has 1 heterocycles. The van der Waals surface area contributed by atoms with Crippen molar-refractivity contribution in [3.63, 3.8) is 0 Å². The van der Waals surface area contributed by atoms with Crippen LogP contribution in [0.5, 0.6) is 0 Å². The third kappa shape index (κ3) is 2.48. The lowest BCUT2D eigenvalue weighted by Gasteiger charge is -2.01. The second-order valence-corrected chi connectivity index (χ2v) is 4.67. The first-order chi connectivity index (χ1) is 8.63. The lowest BCUT2D eigenvalue weighted by Crippen LogP contribution is -2.11. The van der Waals surface area contributed by atoms with E-state index in [1.807, 2.05) is 0 Å². The SMILES string of the molecule is Cn1c(=O)[nH]c2ccc(C(=O)CCCCCl)cc21. The highest BCUT2D eigenvalue weighted by Crippen LogP contribution is 2.14. The Hall–Kier alpha value is -1.55. The number of Topliss-reactive ketones (excluding diaryl/α,β-unsaturated/α-hetero) is 1. The van der Waals surface area contributed by atoms with Crippen molar-refractivity contribution in [2.45, 2.75) is 19.3 Å². The second kappa shape index (κ2) is 5.40. The molecule has 2 rings (SSSR count). The third-order valence-corrected chi connectivity index (χ3v) is 3.28. The smallest absolute Gasteiger partial charge is 0.306 e. The number of aromatic amines is 1. The van der Waals surface area contributed by atoms with E-state index in [0.717, 1.165) is 23.9 Å². The minimum absolute atomic E-state index is 0.0932. The molecule has 0 unspecified atom stereocenters. The summed E-state index contributed by atoms with van der Waals surface area (Å²) in [4.78, 5) is 26.1. The molecule has 5 heteroatoms. The molecule has 0 aliphatic rings. The standard InChI is InChI=1S/C13H15ClN2O2/c1-16-11-8-9(12(17)4-2-3-7-14)5-6-10(11)15-13(16)18/h5-6,8H,2-4,7H2,1H3,(H,15,18). The van der Waals surface area contributed by atoms with Gasteiger partial charge in [-0.25, -0.2) is 4.79 Å². The summed E-state index contributed by atoms with van der Waals surface area (Å²) < 4.78 is 1.50. The largest absolute Gasteiger partial charge is 0.326 e. The Balaban J connectivity index is 2.26. The normalized spacial score (nSPS) is 11.0. The fourth-order valence-electron chi connectivity index (χ4n) is 1.92. The predicted octanol–water partition coefficient (Wildman–Crippen LogP) is 2.46. The van der Waals surface area contributed by atoms with Gasteiger partial charge in [0, 0.05) is 24.9 Å². The van der Waals surface area contributed by atoms with Crippen LogP contribution in [-0.2, 0) is 7.05 Å². The van der Waals surface area contributed by atoms with Gasteiger partial charge in [-0.2, -0.15) is 0 Å². The number of ketones is 1. The molecule has 1 aromatic heterocycles. The zero-order valence-electron chi connectivity index (χ0n) is 10.2. The first-order valence-electron chi connectivity index (χ1n) is 5.91. The van der Waals surface area contributed by atoms with Crippen molar-refractivity contribution < 1.29 is 4.79 Å². The highest BCUT2D eigenvalue weighted by molar-refractivity contribution is 6.17. The maximum Gasteiger partial charge on any atom is 0.326 e. The summed E-state index contributed by atoms with van der Waals surface area (Å²) in [6.45, 7) is 0. The number of carbonyl (C=O) groups excluding carboxylic acids is 1. The van der Waals surface area contributed by atoms with Crippen LogP contribution in [0.25, 0.3) is 11.0 Å². The number of aryl methyl sites for hydroxylation is 1. The van der Waals surface area contributed by atoms with Crippen LogP contribution in [0.4, 0.5) is 0 Å². The van der Waals surface area contributed by atoms with E-state index >= 15 is 0 Å². The average molecular weight is 267 g/mol. The number of benzene rings is 1. The Morgan fingerprint density at radius 2 is 2.17 bits per heavy atom. The average Bonchev–Trinajstić information content (AvgIpc) is 2.65. The number of nitrogens with zero attached hydrogens (tertiary/aromatic N) is 1. The summed E-state index contributed by atoms with van der Waals surface area (Å²) in [6, 6.07) is 5.28. The summed E-state index contributed by atoms with van der Waals surface area (Å²) >= 11 is 5.58. The molecular weight excluding hydrogens is 252 g/mol. The highest BCUT2D eigenvalue weighted by Gasteiger charge is 2.09. The lowest BCUT2D eigenvalue weighted by atomic mass is 10.1. The van der Waals surface area contributed by atoms with Crippen LogP contribution >= 0.6 is 11.6 Å². The Morgan fingerprint density at radius 1 is 1.39 bits per heavy atom. The van der Waals surface area contributed by atoms with Gasteiger partial charge in [-0.1, -0.05) is 0 Å². The van der Waals surface area contributed by atoms with Gasteiger partial charge >= 0.3 is 5.69 Å². The first kappa shape index (κ1) is 12.9. The van der Waals surface area contributed by atoms with Crippen molar-refractivity contribution in [1.29, 1.82) is 0 Å².